The lowest BCUT2D eigenvalue weighted by atomic mass is 10.1. The van der Waals surface area contributed by atoms with E-state index in [0.717, 1.165) is 12.2 Å². The molecule has 1 aliphatic heterocycles. The van der Waals surface area contributed by atoms with Gasteiger partial charge in [0.15, 0.2) is 5.11 Å². The first kappa shape index (κ1) is 17.7. The van der Waals surface area contributed by atoms with E-state index in [2.05, 4.69) is 71.8 Å². The van der Waals surface area contributed by atoms with Crippen molar-refractivity contribution in [3.05, 3.63) is 59.2 Å². The summed E-state index contributed by atoms with van der Waals surface area (Å²) in [7, 11) is 0. The van der Waals surface area contributed by atoms with E-state index in [-0.39, 0.29) is 0 Å². The average molecular weight is 354 g/mol. The Kier molecular flexibility index (Phi) is 5.92. The molecular formula is C21H27N3S. The molecule has 2 N–H and O–H groups in total. The fourth-order valence-electron chi connectivity index (χ4n) is 3.15. The van der Waals surface area contributed by atoms with Gasteiger partial charge < -0.3 is 15.5 Å². The minimum Gasteiger partial charge on any atom is -0.372 e. The fourth-order valence-corrected chi connectivity index (χ4v) is 3.34. The first-order valence-corrected chi connectivity index (χ1v) is 9.48. The Labute approximate surface area is 156 Å². The Morgan fingerprint density at radius 1 is 0.960 bits per heavy atom. The van der Waals surface area contributed by atoms with Crippen molar-refractivity contribution in [3.8, 4) is 0 Å². The molecule has 0 unspecified atom stereocenters. The van der Waals surface area contributed by atoms with E-state index in [1.165, 1.54) is 54.7 Å². The van der Waals surface area contributed by atoms with Crippen molar-refractivity contribution in [2.75, 3.05) is 23.3 Å². The lowest BCUT2D eigenvalue weighted by molar-refractivity contribution is 0.578. The number of benzene rings is 2. The molecular weight excluding hydrogens is 326 g/mol. The lowest BCUT2D eigenvalue weighted by Crippen LogP contribution is -2.29. The number of rotatable bonds is 4. The molecule has 1 heterocycles. The number of piperidine rings is 1. The molecule has 132 valence electrons. The van der Waals surface area contributed by atoms with Gasteiger partial charge >= 0.3 is 0 Å². The summed E-state index contributed by atoms with van der Waals surface area (Å²) in [5.74, 6) is 0. The highest BCUT2D eigenvalue weighted by atomic mass is 32.1. The first-order chi connectivity index (χ1) is 12.1. The zero-order valence-corrected chi connectivity index (χ0v) is 16.0. The number of nitrogens with one attached hydrogen (secondary N) is 2. The van der Waals surface area contributed by atoms with Gasteiger partial charge in [0.25, 0.3) is 0 Å². The summed E-state index contributed by atoms with van der Waals surface area (Å²) in [5.41, 5.74) is 6.16. The van der Waals surface area contributed by atoms with Crippen LogP contribution in [0.3, 0.4) is 0 Å². The molecule has 2 aromatic rings. The van der Waals surface area contributed by atoms with E-state index in [9.17, 15) is 0 Å². The van der Waals surface area contributed by atoms with Gasteiger partial charge in [-0.3, -0.25) is 0 Å². The Hall–Kier alpha value is -2.07. The molecule has 25 heavy (non-hydrogen) atoms. The van der Waals surface area contributed by atoms with Gasteiger partial charge in [-0.05, 0) is 86.3 Å². The van der Waals surface area contributed by atoms with Crippen LogP contribution in [0.25, 0.3) is 0 Å². The maximum atomic E-state index is 5.41. The highest BCUT2D eigenvalue weighted by molar-refractivity contribution is 7.80. The predicted octanol–water partition coefficient (Wildman–Crippen LogP) is 4.78. The van der Waals surface area contributed by atoms with Gasteiger partial charge in [0.1, 0.15) is 0 Å². The summed E-state index contributed by atoms with van der Waals surface area (Å²) in [6, 6.07) is 15.1. The number of hydrogen-bond donors (Lipinski definition) is 2. The molecule has 0 amide bonds. The number of nitrogens with zero attached hydrogens (tertiary/aromatic N) is 1. The molecule has 0 bridgehead atoms. The normalized spacial score (nSPS) is 14.2. The molecule has 0 spiro atoms. The molecule has 0 saturated carbocycles. The lowest BCUT2D eigenvalue weighted by Gasteiger charge is -2.28. The molecule has 1 aliphatic rings. The number of anilines is 2. The smallest absolute Gasteiger partial charge is 0.171 e. The van der Waals surface area contributed by atoms with Crippen molar-refractivity contribution in [2.24, 2.45) is 0 Å². The quantitative estimate of drug-likeness (QED) is 0.774. The van der Waals surface area contributed by atoms with E-state index in [4.69, 9.17) is 12.2 Å². The highest BCUT2D eigenvalue weighted by Crippen LogP contribution is 2.20. The zero-order valence-electron chi connectivity index (χ0n) is 15.1. The average Bonchev–Trinajstić information content (AvgIpc) is 2.64. The third kappa shape index (κ3) is 4.95. The summed E-state index contributed by atoms with van der Waals surface area (Å²) in [4.78, 5) is 2.48. The summed E-state index contributed by atoms with van der Waals surface area (Å²) in [6.45, 7) is 7.32. The van der Waals surface area contributed by atoms with Crippen molar-refractivity contribution in [1.29, 1.82) is 0 Å². The van der Waals surface area contributed by atoms with E-state index in [0.29, 0.717) is 5.11 Å². The third-order valence-electron chi connectivity index (χ3n) is 4.88. The zero-order chi connectivity index (χ0) is 17.6. The van der Waals surface area contributed by atoms with Crippen molar-refractivity contribution in [1.82, 2.24) is 5.32 Å². The summed E-state index contributed by atoms with van der Waals surface area (Å²) in [5, 5.41) is 7.20. The molecule has 0 radical (unpaired) electrons. The molecule has 1 saturated heterocycles. The summed E-state index contributed by atoms with van der Waals surface area (Å²) in [6.07, 6.45) is 3.98. The second kappa shape index (κ2) is 8.34. The minimum absolute atomic E-state index is 0.656. The Bertz CT molecular complexity index is 718. The van der Waals surface area contributed by atoms with E-state index in [1.54, 1.807) is 0 Å². The van der Waals surface area contributed by atoms with Crippen molar-refractivity contribution < 1.29 is 0 Å². The van der Waals surface area contributed by atoms with Crippen LogP contribution in [0.4, 0.5) is 11.4 Å². The van der Waals surface area contributed by atoms with Crippen LogP contribution in [-0.2, 0) is 6.54 Å². The molecule has 4 heteroatoms. The number of thiocarbonyl (C=S) groups is 1. The van der Waals surface area contributed by atoms with Crippen LogP contribution in [0, 0.1) is 13.8 Å². The second-order valence-corrected chi connectivity index (χ2v) is 7.23. The number of aryl methyl sites for hydroxylation is 2. The van der Waals surface area contributed by atoms with Gasteiger partial charge in [-0.2, -0.15) is 0 Å². The van der Waals surface area contributed by atoms with Crippen LogP contribution >= 0.6 is 12.2 Å². The molecule has 2 aromatic carbocycles. The van der Waals surface area contributed by atoms with E-state index >= 15 is 0 Å². The Balaban J connectivity index is 1.50. The van der Waals surface area contributed by atoms with Crippen LogP contribution in [0.15, 0.2) is 42.5 Å². The first-order valence-electron chi connectivity index (χ1n) is 9.08. The van der Waals surface area contributed by atoms with Gasteiger partial charge in [-0.15, -0.1) is 0 Å². The minimum atomic E-state index is 0.656. The van der Waals surface area contributed by atoms with Gasteiger partial charge in [0, 0.05) is 31.0 Å². The molecule has 0 atom stereocenters. The van der Waals surface area contributed by atoms with Gasteiger partial charge in [0.2, 0.25) is 0 Å². The monoisotopic (exact) mass is 353 g/mol. The van der Waals surface area contributed by atoms with Crippen molar-refractivity contribution in [2.45, 2.75) is 39.7 Å². The van der Waals surface area contributed by atoms with E-state index in [1.807, 2.05) is 0 Å². The Morgan fingerprint density at radius 3 is 2.36 bits per heavy atom. The largest absolute Gasteiger partial charge is 0.372 e. The van der Waals surface area contributed by atoms with Gasteiger partial charge in [-0.1, -0.05) is 18.2 Å². The molecule has 3 nitrogen and oxygen atoms in total. The molecule has 3 rings (SSSR count). The van der Waals surface area contributed by atoms with Crippen molar-refractivity contribution in [3.63, 3.8) is 0 Å². The summed E-state index contributed by atoms with van der Waals surface area (Å²) < 4.78 is 0. The van der Waals surface area contributed by atoms with Gasteiger partial charge in [0.05, 0.1) is 0 Å². The van der Waals surface area contributed by atoms with Crippen molar-refractivity contribution >= 4 is 28.7 Å². The Morgan fingerprint density at radius 2 is 1.68 bits per heavy atom. The predicted molar refractivity (Wildman–Crippen MR) is 111 cm³/mol. The SMILES string of the molecule is Cc1ccc(NC(=S)NCc2ccc(N3CCCCC3)cc2)cc1C. The van der Waals surface area contributed by atoms with Crippen LogP contribution < -0.4 is 15.5 Å². The maximum absolute atomic E-state index is 5.41. The highest BCUT2D eigenvalue weighted by Gasteiger charge is 2.10. The van der Waals surface area contributed by atoms with Crippen LogP contribution in [0.1, 0.15) is 36.0 Å². The van der Waals surface area contributed by atoms with Crippen LogP contribution in [-0.4, -0.2) is 18.2 Å². The fraction of sp³-hybridized carbons (Fsp3) is 0.381. The standard InChI is InChI=1S/C21H27N3S/c1-16-6-9-19(14-17(16)2)23-21(25)22-15-18-7-10-20(11-8-18)24-12-4-3-5-13-24/h6-11,14H,3-5,12-13,15H2,1-2H3,(H2,22,23,25). The maximum Gasteiger partial charge on any atom is 0.171 e. The third-order valence-corrected chi connectivity index (χ3v) is 5.12. The summed E-state index contributed by atoms with van der Waals surface area (Å²) >= 11 is 5.41. The van der Waals surface area contributed by atoms with E-state index < -0.39 is 0 Å². The molecule has 0 aliphatic carbocycles. The second-order valence-electron chi connectivity index (χ2n) is 6.82. The molecule has 1 fully saturated rings. The molecule has 0 aromatic heterocycles. The number of hydrogen-bond acceptors (Lipinski definition) is 2. The van der Waals surface area contributed by atoms with Crippen LogP contribution in [0.2, 0.25) is 0 Å². The topological polar surface area (TPSA) is 27.3 Å². The van der Waals surface area contributed by atoms with Crippen LogP contribution in [0.5, 0.6) is 0 Å². The van der Waals surface area contributed by atoms with Gasteiger partial charge in [-0.25, -0.2) is 0 Å².